The molecule has 27 heavy (non-hydrogen) atoms. The van der Waals surface area contributed by atoms with Gasteiger partial charge in [0.15, 0.2) is 12.3 Å². The molecule has 0 saturated heterocycles. The third kappa shape index (κ3) is 5.56. The largest absolute Gasteiger partial charge is 0.465 e. The Labute approximate surface area is 150 Å². The van der Waals surface area contributed by atoms with Gasteiger partial charge in [-0.15, -0.1) is 0 Å². The zero-order chi connectivity index (χ0) is 20.0. The molecule has 0 fully saturated rings. The number of aromatic nitrogens is 2. The monoisotopic (exact) mass is 385 g/mol. The Bertz CT molecular complexity index is 848. The number of anilines is 1. The van der Waals surface area contributed by atoms with Crippen molar-refractivity contribution in [1.82, 2.24) is 9.78 Å². The number of nitrogens with one attached hydrogen (secondary N) is 1. The van der Waals surface area contributed by atoms with E-state index in [1.165, 1.54) is 19.2 Å². The molecule has 2 rings (SSSR count). The number of halogens is 3. The number of para-hydroxylation sites is 1. The maximum atomic E-state index is 12.4. The number of alkyl halides is 3. The average molecular weight is 385 g/mol. The van der Waals surface area contributed by atoms with Crippen LogP contribution in [-0.2, 0) is 31.8 Å². The molecular weight excluding hydrogens is 371 g/mol. The summed E-state index contributed by atoms with van der Waals surface area (Å²) in [5, 5.41) is 5.58. The first-order chi connectivity index (χ1) is 12.7. The van der Waals surface area contributed by atoms with Crippen LogP contribution in [0.5, 0.6) is 0 Å². The van der Waals surface area contributed by atoms with E-state index in [0.717, 1.165) is 10.9 Å². The minimum atomic E-state index is -4.62. The van der Waals surface area contributed by atoms with Gasteiger partial charge in [0.05, 0.1) is 18.4 Å². The zero-order valence-corrected chi connectivity index (χ0v) is 13.9. The van der Waals surface area contributed by atoms with Crippen molar-refractivity contribution in [2.24, 2.45) is 0 Å². The Hall–Kier alpha value is -3.37. The lowest BCUT2D eigenvalue weighted by atomic mass is 10.2. The molecule has 1 heterocycles. The second-order valence-electron chi connectivity index (χ2n) is 5.14. The fraction of sp³-hybridized carbons (Fsp3) is 0.250. The van der Waals surface area contributed by atoms with Crippen molar-refractivity contribution >= 4 is 23.5 Å². The number of carbonyl (C=O) groups excluding carboxylic acids is 3. The van der Waals surface area contributed by atoms with Crippen molar-refractivity contribution in [2.45, 2.75) is 12.7 Å². The van der Waals surface area contributed by atoms with Crippen molar-refractivity contribution in [3.63, 3.8) is 0 Å². The highest BCUT2D eigenvalue weighted by Crippen LogP contribution is 2.27. The van der Waals surface area contributed by atoms with Crippen molar-refractivity contribution in [2.75, 3.05) is 19.0 Å². The number of methoxy groups -OCH3 is 1. The summed E-state index contributed by atoms with van der Waals surface area (Å²) in [6.07, 6.45) is -3.65. The summed E-state index contributed by atoms with van der Waals surface area (Å²) in [6.45, 7) is -1.29. The molecule has 8 nitrogen and oxygen atoms in total. The Morgan fingerprint density at radius 2 is 1.89 bits per heavy atom. The Morgan fingerprint density at radius 1 is 1.19 bits per heavy atom. The predicted octanol–water partition coefficient (Wildman–Crippen LogP) is 1.87. The van der Waals surface area contributed by atoms with E-state index in [0.29, 0.717) is 6.07 Å². The molecule has 11 heteroatoms. The lowest BCUT2D eigenvalue weighted by Gasteiger charge is -2.10. The summed E-state index contributed by atoms with van der Waals surface area (Å²) >= 11 is 0. The SMILES string of the molecule is COC(=O)c1ccccc1NC(=O)COC(=O)Cn1ccc(C(F)(F)F)n1. The molecule has 1 amide bonds. The molecule has 0 aliphatic heterocycles. The number of ether oxygens (including phenoxy) is 2. The summed E-state index contributed by atoms with van der Waals surface area (Å²) < 4.78 is 47.3. The smallest absolute Gasteiger partial charge is 0.435 e. The Morgan fingerprint density at radius 3 is 2.52 bits per heavy atom. The number of benzene rings is 1. The third-order valence-electron chi connectivity index (χ3n) is 3.19. The van der Waals surface area contributed by atoms with Crippen LogP contribution >= 0.6 is 0 Å². The van der Waals surface area contributed by atoms with Gasteiger partial charge in [-0.1, -0.05) is 12.1 Å². The highest BCUT2D eigenvalue weighted by atomic mass is 19.4. The molecule has 0 aliphatic rings. The van der Waals surface area contributed by atoms with E-state index in [-0.39, 0.29) is 11.3 Å². The van der Waals surface area contributed by atoms with E-state index in [1.54, 1.807) is 12.1 Å². The van der Waals surface area contributed by atoms with Gasteiger partial charge in [0.1, 0.15) is 6.54 Å². The maximum Gasteiger partial charge on any atom is 0.435 e. The van der Waals surface area contributed by atoms with Crippen LogP contribution in [0.25, 0.3) is 0 Å². The summed E-state index contributed by atoms with van der Waals surface area (Å²) in [5.41, 5.74) is -0.879. The van der Waals surface area contributed by atoms with Crippen LogP contribution in [0.4, 0.5) is 18.9 Å². The van der Waals surface area contributed by atoms with Gasteiger partial charge in [0.2, 0.25) is 0 Å². The molecule has 0 spiro atoms. The Kier molecular flexibility index (Phi) is 6.16. The zero-order valence-electron chi connectivity index (χ0n) is 13.9. The van der Waals surface area contributed by atoms with Crippen LogP contribution in [0.2, 0.25) is 0 Å². The van der Waals surface area contributed by atoms with E-state index in [4.69, 9.17) is 4.74 Å². The van der Waals surface area contributed by atoms with Crippen molar-refractivity contribution in [1.29, 1.82) is 0 Å². The third-order valence-corrected chi connectivity index (χ3v) is 3.19. The number of hydrogen-bond donors (Lipinski definition) is 1. The number of hydrogen-bond acceptors (Lipinski definition) is 6. The standard InChI is InChI=1S/C16H14F3N3O5/c1-26-15(25)10-4-2-3-5-11(10)20-13(23)9-27-14(24)8-22-7-6-12(21-22)16(17,18)19/h2-7H,8-9H2,1H3,(H,20,23). The van der Waals surface area contributed by atoms with Gasteiger partial charge in [-0.3, -0.25) is 14.3 Å². The fourth-order valence-electron chi connectivity index (χ4n) is 1.99. The summed E-state index contributed by atoms with van der Waals surface area (Å²) in [5.74, 6) is -2.36. The summed E-state index contributed by atoms with van der Waals surface area (Å²) in [6, 6.07) is 6.74. The predicted molar refractivity (Wildman–Crippen MR) is 84.6 cm³/mol. The van der Waals surface area contributed by atoms with Crippen LogP contribution in [0, 0.1) is 0 Å². The minimum Gasteiger partial charge on any atom is -0.465 e. The van der Waals surface area contributed by atoms with Crippen LogP contribution in [-0.4, -0.2) is 41.3 Å². The number of amides is 1. The minimum absolute atomic E-state index is 0.107. The average Bonchev–Trinajstić information content (AvgIpc) is 3.08. The molecule has 1 N–H and O–H groups in total. The number of nitrogens with zero attached hydrogens (tertiary/aromatic N) is 2. The second kappa shape index (κ2) is 8.34. The molecule has 1 aromatic carbocycles. The molecule has 0 bridgehead atoms. The summed E-state index contributed by atoms with van der Waals surface area (Å²) in [4.78, 5) is 35.1. The van der Waals surface area contributed by atoms with Gasteiger partial charge >= 0.3 is 18.1 Å². The van der Waals surface area contributed by atoms with Crippen molar-refractivity contribution in [3.05, 3.63) is 47.8 Å². The molecule has 0 radical (unpaired) electrons. The van der Waals surface area contributed by atoms with Gasteiger partial charge in [0.25, 0.3) is 5.91 Å². The lowest BCUT2D eigenvalue weighted by Crippen LogP contribution is -2.24. The van der Waals surface area contributed by atoms with Crippen LogP contribution in [0.1, 0.15) is 16.1 Å². The van der Waals surface area contributed by atoms with E-state index < -0.39 is 42.9 Å². The first-order valence-electron chi connectivity index (χ1n) is 7.44. The second-order valence-corrected chi connectivity index (χ2v) is 5.14. The number of carbonyl (C=O) groups is 3. The van der Waals surface area contributed by atoms with Gasteiger partial charge in [0, 0.05) is 6.20 Å². The molecule has 144 valence electrons. The van der Waals surface area contributed by atoms with E-state index in [9.17, 15) is 27.6 Å². The van der Waals surface area contributed by atoms with Gasteiger partial charge < -0.3 is 14.8 Å². The number of rotatable bonds is 6. The van der Waals surface area contributed by atoms with E-state index in [1.807, 2.05) is 0 Å². The summed E-state index contributed by atoms with van der Waals surface area (Å²) in [7, 11) is 1.18. The first-order valence-corrected chi connectivity index (χ1v) is 7.44. The molecule has 0 saturated carbocycles. The quantitative estimate of drug-likeness (QED) is 0.762. The van der Waals surface area contributed by atoms with Gasteiger partial charge in [-0.2, -0.15) is 18.3 Å². The first kappa shape index (κ1) is 19.9. The van der Waals surface area contributed by atoms with Gasteiger partial charge in [-0.25, -0.2) is 4.79 Å². The molecule has 0 aliphatic carbocycles. The maximum absolute atomic E-state index is 12.4. The Balaban J connectivity index is 1.88. The van der Waals surface area contributed by atoms with Crippen LogP contribution in [0.3, 0.4) is 0 Å². The highest BCUT2D eigenvalue weighted by molar-refractivity contribution is 6.01. The highest BCUT2D eigenvalue weighted by Gasteiger charge is 2.33. The van der Waals surface area contributed by atoms with E-state index >= 15 is 0 Å². The van der Waals surface area contributed by atoms with E-state index in [2.05, 4.69) is 15.2 Å². The van der Waals surface area contributed by atoms with Crippen molar-refractivity contribution < 1.29 is 37.0 Å². The molecule has 0 unspecified atom stereocenters. The van der Waals surface area contributed by atoms with Gasteiger partial charge in [-0.05, 0) is 18.2 Å². The van der Waals surface area contributed by atoms with Crippen molar-refractivity contribution in [3.8, 4) is 0 Å². The molecular formula is C16H14F3N3O5. The molecule has 1 aromatic heterocycles. The lowest BCUT2D eigenvalue weighted by molar-refractivity contribution is -0.148. The molecule has 0 atom stereocenters. The normalized spacial score (nSPS) is 11.0. The topological polar surface area (TPSA) is 99.5 Å². The fourth-order valence-corrected chi connectivity index (χ4v) is 1.99. The molecule has 2 aromatic rings. The van der Waals surface area contributed by atoms with Crippen LogP contribution in [0.15, 0.2) is 36.5 Å². The van der Waals surface area contributed by atoms with Crippen LogP contribution < -0.4 is 5.32 Å². The number of esters is 2.